The van der Waals surface area contributed by atoms with E-state index >= 15 is 0 Å². The van der Waals surface area contributed by atoms with Crippen LogP contribution in [0.5, 0.6) is 0 Å². The van der Waals surface area contributed by atoms with Crippen molar-refractivity contribution < 1.29 is 18.7 Å². The smallest absolute Gasteiger partial charge is 0.316 e. The molecule has 0 aliphatic carbocycles. The van der Waals surface area contributed by atoms with Crippen molar-refractivity contribution in [2.75, 3.05) is 7.11 Å². The lowest BCUT2D eigenvalue weighted by atomic mass is 9.91. The van der Waals surface area contributed by atoms with Crippen molar-refractivity contribution in [3.05, 3.63) is 59.4 Å². The first-order valence-electron chi connectivity index (χ1n) is 8.90. The van der Waals surface area contributed by atoms with Crippen molar-refractivity contribution in [3.63, 3.8) is 0 Å². The van der Waals surface area contributed by atoms with Crippen LogP contribution in [0.3, 0.4) is 0 Å². The third-order valence-electron chi connectivity index (χ3n) is 4.49. The minimum absolute atomic E-state index is 0.0404. The zero-order valence-corrected chi connectivity index (χ0v) is 15.5. The summed E-state index contributed by atoms with van der Waals surface area (Å²) < 4.78 is 19.4. The summed E-state index contributed by atoms with van der Waals surface area (Å²) in [6.07, 6.45) is 1.74. The Kier molecular flexibility index (Phi) is 7.25. The summed E-state index contributed by atoms with van der Waals surface area (Å²) >= 11 is 0. The van der Waals surface area contributed by atoms with Crippen molar-refractivity contribution in [2.45, 2.75) is 32.6 Å². The number of carbonyl (C=O) groups is 2. The van der Waals surface area contributed by atoms with Crippen molar-refractivity contribution in [3.8, 4) is 17.2 Å². The maximum Gasteiger partial charge on any atom is 0.316 e. The molecule has 1 atom stereocenters. The third-order valence-corrected chi connectivity index (χ3v) is 4.49. The standard InChI is InChI=1S/C22H22FNO3/c1-3-4-9-21(25)19(22(26)27-2)12-16-11-10-15(13-20(16)23)18-8-6-5-7-17(18)14-24/h5-8,10-11,13,19H,3-4,9,12H2,1-2H3. The molecular formula is C22H22FNO3. The van der Waals surface area contributed by atoms with E-state index in [2.05, 4.69) is 6.07 Å². The molecule has 0 aromatic heterocycles. The average Bonchev–Trinajstić information content (AvgIpc) is 2.70. The van der Waals surface area contributed by atoms with Crippen molar-refractivity contribution in [2.24, 2.45) is 5.92 Å². The van der Waals surface area contributed by atoms with Crippen LogP contribution in [0.2, 0.25) is 0 Å². The van der Waals surface area contributed by atoms with E-state index in [9.17, 15) is 19.2 Å². The summed E-state index contributed by atoms with van der Waals surface area (Å²) in [6.45, 7) is 1.96. The Hall–Kier alpha value is -3.00. The minimum atomic E-state index is -1.01. The average molecular weight is 367 g/mol. The molecule has 4 nitrogen and oxygen atoms in total. The number of unbranched alkanes of at least 4 members (excludes halogenated alkanes) is 1. The van der Waals surface area contributed by atoms with Crippen molar-refractivity contribution >= 4 is 11.8 Å². The van der Waals surface area contributed by atoms with Crippen LogP contribution >= 0.6 is 0 Å². The monoisotopic (exact) mass is 367 g/mol. The number of carbonyl (C=O) groups excluding carboxylic acids is 2. The van der Waals surface area contributed by atoms with Gasteiger partial charge in [0.25, 0.3) is 0 Å². The highest BCUT2D eigenvalue weighted by atomic mass is 19.1. The molecule has 0 spiro atoms. The van der Waals surface area contributed by atoms with Crippen LogP contribution in [0.25, 0.3) is 11.1 Å². The molecule has 0 radical (unpaired) electrons. The van der Waals surface area contributed by atoms with E-state index in [1.54, 1.807) is 36.4 Å². The van der Waals surface area contributed by atoms with E-state index in [0.29, 0.717) is 23.1 Å². The molecule has 1 unspecified atom stereocenters. The van der Waals surface area contributed by atoms with Crippen LogP contribution in [0.4, 0.5) is 4.39 Å². The Morgan fingerprint density at radius 1 is 1.22 bits per heavy atom. The Morgan fingerprint density at radius 3 is 2.59 bits per heavy atom. The molecular weight excluding hydrogens is 345 g/mol. The van der Waals surface area contributed by atoms with E-state index in [1.165, 1.54) is 13.2 Å². The summed E-state index contributed by atoms with van der Waals surface area (Å²) in [5.41, 5.74) is 1.93. The normalized spacial score (nSPS) is 11.5. The number of benzene rings is 2. The molecule has 0 bridgehead atoms. The van der Waals surface area contributed by atoms with Crippen molar-refractivity contribution in [1.82, 2.24) is 0 Å². The van der Waals surface area contributed by atoms with Gasteiger partial charge in [0.15, 0.2) is 0 Å². The lowest BCUT2D eigenvalue weighted by molar-refractivity contribution is -0.149. The van der Waals surface area contributed by atoms with Crippen LogP contribution < -0.4 is 0 Å². The van der Waals surface area contributed by atoms with Gasteiger partial charge in [0, 0.05) is 6.42 Å². The van der Waals surface area contributed by atoms with Crippen molar-refractivity contribution in [1.29, 1.82) is 5.26 Å². The van der Waals surface area contributed by atoms with Gasteiger partial charge >= 0.3 is 5.97 Å². The van der Waals surface area contributed by atoms with Crippen LogP contribution in [0.15, 0.2) is 42.5 Å². The van der Waals surface area contributed by atoms with Gasteiger partial charge in [-0.3, -0.25) is 9.59 Å². The van der Waals surface area contributed by atoms with Gasteiger partial charge in [0.2, 0.25) is 0 Å². The van der Waals surface area contributed by atoms with E-state index < -0.39 is 17.7 Å². The number of nitrogens with zero attached hydrogens (tertiary/aromatic N) is 1. The maximum absolute atomic E-state index is 14.7. The second-order valence-electron chi connectivity index (χ2n) is 6.31. The molecule has 0 saturated carbocycles. The fourth-order valence-electron chi connectivity index (χ4n) is 2.93. The SMILES string of the molecule is CCCCC(=O)C(Cc1ccc(-c2ccccc2C#N)cc1F)C(=O)OC. The molecule has 0 aliphatic heterocycles. The molecule has 0 saturated heterocycles. The Morgan fingerprint density at radius 2 is 1.96 bits per heavy atom. The number of methoxy groups -OCH3 is 1. The number of hydrogen-bond donors (Lipinski definition) is 0. The number of nitriles is 1. The number of ketones is 1. The van der Waals surface area contributed by atoms with Gasteiger partial charge in [-0.15, -0.1) is 0 Å². The molecule has 2 rings (SSSR count). The van der Waals surface area contributed by atoms with Gasteiger partial charge in [-0.1, -0.05) is 43.7 Å². The van der Waals surface area contributed by atoms with E-state index in [-0.39, 0.29) is 24.2 Å². The first-order chi connectivity index (χ1) is 13.0. The minimum Gasteiger partial charge on any atom is -0.468 e. The highest BCUT2D eigenvalue weighted by Crippen LogP contribution is 2.26. The molecule has 2 aromatic carbocycles. The zero-order valence-electron chi connectivity index (χ0n) is 15.5. The van der Waals surface area contributed by atoms with E-state index in [1.807, 2.05) is 6.92 Å². The van der Waals surface area contributed by atoms with E-state index in [0.717, 1.165) is 6.42 Å². The Bertz CT molecular complexity index is 870. The second kappa shape index (κ2) is 9.63. The number of halogens is 1. The summed E-state index contributed by atoms with van der Waals surface area (Å²) in [6, 6.07) is 13.6. The van der Waals surface area contributed by atoms with Crippen LogP contribution in [-0.4, -0.2) is 18.9 Å². The number of Topliss-reactive ketones (excluding diaryl/α,β-unsaturated/α-hetero) is 1. The summed E-state index contributed by atoms with van der Waals surface area (Å²) in [4.78, 5) is 24.3. The second-order valence-corrected chi connectivity index (χ2v) is 6.31. The lowest BCUT2D eigenvalue weighted by Gasteiger charge is -2.15. The number of rotatable bonds is 8. The van der Waals surface area contributed by atoms with Crippen LogP contribution in [-0.2, 0) is 20.7 Å². The van der Waals surface area contributed by atoms with Gasteiger partial charge in [0.05, 0.1) is 18.7 Å². The molecule has 0 heterocycles. The molecule has 0 fully saturated rings. The lowest BCUT2D eigenvalue weighted by Crippen LogP contribution is -2.27. The third kappa shape index (κ3) is 5.01. The van der Waals surface area contributed by atoms with Gasteiger partial charge in [0.1, 0.15) is 17.5 Å². The number of ether oxygens (including phenoxy) is 1. The molecule has 140 valence electrons. The van der Waals surface area contributed by atoms with Gasteiger partial charge < -0.3 is 4.74 Å². The van der Waals surface area contributed by atoms with Gasteiger partial charge in [-0.2, -0.15) is 5.26 Å². The predicted molar refractivity (Wildman–Crippen MR) is 100 cm³/mol. The first-order valence-corrected chi connectivity index (χ1v) is 8.90. The molecule has 0 amide bonds. The predicted octanol–water partition coefficient (Wildman–Crippen LogP) is 4.46. The fraction of sp³-hybridized carbons (Fsp3) is 0.318. The molecule has 27 heavy (non-hydrogen) atoms. The number of hydrogen-bond acceptors (Lipinski definition) is 4. The quantitative estimate of drug-likeness (QED) is 0.510. The fourth-order valence-corrected chi connectivity index (χ4v) is 2.93. The summed E-state index contributed by atoms with van der Waals surface area (Å²) in [7, 11) is 1.22. The largest absolute Gasteiger partial charge is 0.468 e. The van der Waals surface area contributed by atoms with Crippen LogP contribution in [0.1, 0.15) is 37.3 Å². The topological polar surface area (TPSA) is 67.2 Å². The van der Waals surface area contributed by atoms with Gasteiger partial charge in [-0.25, -0.2) is 4.39 Å². The Labute approximate surface area is 158 Å². The van der Waals surface area contributed by atoms with Crippen LogP contribution in [0, 0.1) is 23.1 Å². The highest BCUT2D eigenvalue weighted by molar-refractivity contribution is 5.99. The highest BCUT2D eigenvalue weighted by Gasteiger charge is 2.28. The summed E-state index contributed by atoms with van der Waals surface area (Å²) in [5, 5.41) is 9.21. The van der Waals surface area contributed by atoms with E-state index in [4.69, 9.17) is 4.74 Å². The molecule has 2 aromatic rings. The molecule has 0 N–H and O–H groups in total. The molecule has 5 heteroatoms. The Balaban J connectivity index is 2.29. The van der Waals surface area contributed by atoms with Gasteiger partial charge in [-0.05, 0) is 41.7 Å². The first kappa shape index (κ1) is 20.3. The number of esters is 1. The zero-order chi connectivity index (χ0) is 19.8. The maximum atomic E-state index is 14.7. The summed E-state index contributed by atoms with van der Waals surface area (Å²) in [5.74, 6) is -2.40. The molecule has 0 aliphatic rings.